The lowest BCUT2D eigenvalue weighted by molar-refractivity contribution is 0.0175. The van der Waals surface area contributed by atoms with Crippen LogP contribution in [0.1, 0.15) is 24.5 Å². The van der Waals surface area contributed by atoms with Crippen molar-refractivity contribution in [3.05, 3.63) is 59.9 Å². The maximum absolute atomic E-state index is 12.3. The molecule has 1 aromatic heterocycles. The normalized spacial score (nSPS) is 19.6. The first kappa shape index (κ1) is 19.2. The number of aromatic nitrogens is 1. The molecule has 144 valence electrons. The van der Waals surface area contributed by atoms with Crippen molar-refractivity contribution < 1.29 is 14.6 Å². The number of pyridine rings is 1. The summed E-state index contributed by atoms with van der Waals surface area (Å²) in [5.74, 6) is 0.101. The first-order valence-corrected chi connectivity index (χ1v) is 9.47. The number of β-amino-alcohol motifs (C(OH)–C–C–N with tert-alkyl or cyclic N) is 1. The average Bonchev–Trinajstić information content (AvgIpc) is 2.72. The standard InChI is InChI=1S/C21H27N3O3/c1-2-16-3-5-17(6-4-16)15-27-21(26)24-12-9-18(20(25)14-24)13-23-19-7-10-22-11-8-19/h3-8,10-11,18,20,25H,2,9,12-15H2,1H3,(H,22,23)/t18-,20-/m0/s1. The summed E-state index contributed by atoms with van der Waals surface area (Å²) in [4.78, 5) is 17.9. The van der Waals surface area contributed by atoms with E-state index in [2.05, 4.69) is 17.2 Å². The second-order valence-electron chi connectivity index (χ2n) is 6.90. The third-order valence-corrected chi connectivity index (χ3v) is 5.02. The van der Waals surface area contributed by atoms with E-state index < -0.39 is 6.10 Å². The molecule has 0 bridgehead atoms. The summed E-state index contributed by atoms with van der Waals surface area (Å²) in [7, 11) is 0. The van der Waals surface area contributed by atoms with Crippen LogP contribution in [0.5, 0.6) is 0 Å². The third kappa shape index (κ3) is 5.44. The van der Waals surface area contributed by atoms with E-state index in [0.717, 1.165) is 24.1 Å². The number of piperidine rings is 1. The van der Waals surface area contributed by atoms with Crippen LogP contribution in [0.25, 0.3) is 0 Å². The van der Waals surface area contributed by atoms with Gasteiger partial charge in [-0.15, -0.1) is 0 Å². The van der Waals surface area contributed by atoms with Crippen molar-refractivity contribution in [2.24, 2.45) is 5.92 Å². The monoisotopic (exact) mass is 369 g/mol. The van der Waals surface area contributed by atoms with Crippen LogP contribution < -0.4 is 5.32 Å². The molecule has 1 amide bonds. The van der Waals surface area contributed by atoms with Gasteiger partial charge in [0.25, 0.3) is 0 Å². The number of ether oxygens (including phenoxy) is 1. The minimum absolute atomic E-state index is 0.101. The highest BCUT2D eigenvalue weighted by atomic mass is 16.6. The lowest BCUT2D eigenvalue weighted by atomic mass is 9.94. The summed E-state index contributed by atoms with van der Waals surface area (Å²) in [6.45, 7) is 3.92. The highest BCUT2D eigenvalue weighted by Crippen LogP contribution is 2.20. The maximum Gasteiger partial charge on any atom is 0.410 e. The van der Waals surface area contributed by atoms with Gasteiger partial charge < -0.3 is 20.1 Å². The van der Waals surface area contributed by atoms with Crippen molar-refractivity contribution in [1.29, 1.82) is 0 Å². The zero-order valence-corrected chi connectivity index (χ0v) is 15.7. The van der Waals surface area contributed by atoms with Crippen molar-refractivity contribution >= 4 is 11.8 Å². The zero-order chi connectivity index (χ0) is 19.1. The molecule has 0 saturated carbocycles. The molecule has 0 unspecified atom stereocenters. The van der Waals surface area contributed by atoms with Gasteiger partial charge in [-0.2, -0.15) is 0 Å². The molecule has 3 rings (SSSR count). The largest absolute Gasteiger partial charge is 0.445 e. The first-order valence-electron chi connectivity index (χ1n) is 9.47. The summed E-state index contributed by atoms with van der Waals surface area (Å²) in [6, 6.07) is 11.9. The van der Waals surface area contributed by atoms with Crippen molar-refractivity contribution in [2.75, 3.05) is 25.0 Å². The van der Waals surface area contributed by atoms with E-state index in [9.17, 15) is 9.90 Å². The maximum atomic E-state index is 12.3. The van der Waals surface area contributed by atoms with E-state index in [-0.39, 0.29) is 18.6 Å². The molecule has 6 heteroatoms. The Hall–Kier alpha value is -2.60. The van der Waals surface area contributed by atoms with Crippen LogP contribution in [0, 0.1) is 5.92 Å². The number of aliphatic hydroxyl groups is 1. The molecule has 0 radical (unpaired) electrons. The fourth-order valence-electron chi connectivity index (χ4n) is 3.21. The molecule has 6 nitrogen and oxygen atoms in total. The molecule has 2 heterocycles. The second-order valence-corrected chi connectivity index (χ2v) is 6.90. The van der Waals surface area contributed by atoms with Gasteiger partial charge in [0.05, 0.1) is 12.6 Å². The van der Waals surface area contributed by atoms with E-state index in [1.165, 1.54) is 5.56 Å². The molecule has 1 saturated heterocycles. The van der Waals surface area contributed by atoms with Gasteiger partial charge in [-0.3, -0.25) is 4.98 Å². The summed E-state index contributed by atoms with van der Waals surface area (Å²) in [5.41, 5.74) is 3.21. The number of hydrogen-bond donors (Lipinski definition) is 2. The van der Waals surface area contributed by atoms with Gasteiger partial charge in [0.2, 0.25) is 0 Å². The second kappa shape index (κ2) is 9.37. The summed E-state index contributed by atoms with van der Waals surface area (Å²) >= 11 is 0. The lowest BCUT2D eigenvalue weighted by Gasteiger charge is -2.35. The quantitative estimate of drug-likeness (QED) is 0.818. The van der Waals surface area contributed by atoms with Crippen LogP contribution in [0.3, 0.4) is 0 Å². The Morgan fingerprint density at radius 3 is 2.59 bits per heavy atom. The number of aryl methyl sites for hydroxylation is 1. The molecule has 2 N–H and O–H groups in total. The Labute approximate surface area is 160 Å². The molecule has 2 atom stereocenters. The SMILES string of the molecule is CCc1ccc(COC(=O)N2CC[C@@H](CNc3ccncc3)[C@@H](O)C2)cc1. The molecule has 1 aliphatic rings. The molecule has 0 aliphatic carbocycles. The van der Waals surface area contributed by atoms with E-state index in [4.69, 9.17) is 4.74 Å². The van der Waals surface area contributed by atoms with Gasteiger partial charge in [0.1, 0.15) is 6.61 Å². The predicted octanol–water partition coefficient (Wildman–Crippen LogP) is 3.08. The fraction of sp³-hybridized carbons (Fsp3) is 0.429. The number of amides is 1. The van der Waals surface area contributed by atoms with Gasteiger partial charge in [0.15, 0.2) is 0 Å². The summed E-state index contributed by atoms with van der Waals surface area (Å²) in [6.07, 6.45) is 4.25. The van der Waals surface area contributed by atoms with E-state index in [1.54, 1.807) is 17.3 Å². The summed E-state index contributed by atoms with van der Waals surface area (Å²) < 4.78 is 5.41. The Bertz CT molecular complexity index is 721. The Morgan fingerprint density at radius 1 is 1.22 bits per heavy atom. The van der Waals surface area contributed by atoms with E-state index in [0.29, 0.717) is 19.6 Å². The molecule has 0 spiro atoms. The van der Waals surface area contributed by atoms with Crippen LogP contribution in [0.2, 0.25) is 0 Å². The molecule has 1 aromatic carbocycles. The minimum Gasteiger partial charge on any atom is -0.445 e. The molecule has 1 fully saturated rings. The number of carbonyl (C=O) groups excluding carboxylic acids is 1. The number of benzene rings is 1. The number of nitrogens with zero attached hydrogens (tertiary/aromatic N) is 2. The highest BCUT2D eigenvalue weighted by Gasteiger charge is 2.30. The number of aliphatic hydroxyl groups excluding tert-OH is 1. The van der Waals surface area contributed by atoms with Gasteiger partial charge in [-0.1, -0.05) is 31.2 Å². The lowest BCUT2D eigenvalue weighted by Crippen LogP contribution is -2.48. The number of anilines is 1. The van der Waals surface area contributed by atoms with Crippen molar-refractivity contribution in [3.8, 4) is 0 Å². The molecule has 27 heavy (non-hydrogen) atoms. The Balaban J connectivity index is 1.43. The van der Waals surface area contributed by atoms with Crippen molar-refractivity contribution in [1.82, 2.24) is 9.88 Å². The van der Waals surface area contributed by atoms with E-state index in [1.807, 2.05) is 36.4 Å². The van der Waals surface area contributed by atoms with Gasteiger partial charge >= 0.3 is 6.09 Å². The molecular formula is C21H27N3O3. The fourth-order valence-corrected chi connectivity index (χ4v) is 3.21. The van der Waals surface area contributed by atoms with Crippen molar-refractivity contribution in [2.45, 2.75) is 32.5 Å². The summed E-state index contributed by atoms with van der Waals surface area (Å²) in [5, 5.41) is 13.7. The number of hydrogen-bond acceptors (Lipinski definition) is 5. The van der Waals surface area contributed by atoms with Crippen LogP contribution >= 0.6 is 0 Å². The Kier molecular flexibility index (Phi) is 6.65. The minimum atomic E-state index is -0.565. The van der Waals surface area contributed by atoms with Crippen LogP contribution in [0.4, 0.5) is 10.5 Å². The van der Waals surface area contributed by atoms with Crippen LogP contribution in [-0.4, -0.2) is 46.8 Å². The average molecular weight is 369 g/mol. The molecule has 2 aromatic rings. The van der Waals surface area contributed by atoms with E-state index >= 15 is 0 Å². The zero-order valence-electron chi connectivity index (χ0n) is 15.7. The smallest absolute Gasteiger partial charge is 0.410 e. The number of rotatable bonds is 6. The van der Waals surface area contributed by atoms with Crippen molar-refractivity contribution in [3.63, 3.8) is 0 Å². The third-order valence-electron chi connectivity index (χ3n) is 5.02. The Morgan fingerprint density at radius 2 is 1.93 bits per heavy atom. The number of carbonyl (C=O) groups is 1. The molecular weight excluding hydrogens is 342 g/mol. The topological polar surface area (TPSA) is 74.7 Å². The van der Waals surface area contributed by atoms with Crippen LogP contribution in [0.15, 0.2) is 48.8 Å². The number of nitrogens with one attached hydrogen (secondary N) is 1. The number of likely N-dealkylation sites (tertiary alicyclic amines) is 1. The highest BCUT2D eigenvalue weighted by molar-refractivity contribution is 5.67. The first-order chi connectivity index (χ1) is 13.2. The predicted molar refractivity (Wildman–Crippen MR) is 104 cm³/mol. The van der Waals surface area contributed by atoms with Gasteiger partial charge in [0, 0.05) is 37.1 Å². The van der Waals surface area contributed by atoms with Gasteiger partial charge in [-0.25, -0.2) is 4.79 Å². The van der Waals surface area contributed by atoms with Gasteiger partial charge in [-0.05, 0) is 36.1 Å². The molecule has 1 aliphatic heterocycles. The van der Waals surface area contributed by atoms with Crippen LogP contribution in [-0.2, 0) is 17.8 Å².